The molecule has 1 unspecified atom stereocenters. The summed E-state index contributed by atoms with van der Waals surface area (Å²) in [7, 11) is 1.90. The number of fused-ring (bicyclic) bond motifs is 1. The highest BCUT2D eigenvalue weighted by Crippen LogP contribution is 2.74. The molecule has 1 amide bonds. The van der Waals surface area contributed by atoms with E-state index in [1.807, 2.05) is 36.1 Å². The first-order valence-corrected chi connectivity index (χ1v) is 10.7. The molecule has 1 atom stereocenters. The van der Waals surface area contributed by atoms with E-state index in [4.69, 9.17) is 4.74 Å². The van der Waals surface area contributed by atoms with Gasteiger partial charge in [0.25, 0.3) is 0 Å². The second-order valence-corrected chi connectivity index (χ2v) is 9.49. The molecular formula is C24H22F2N4O2. The summed E-state index contributed by atoms with van der Waals surface area (Å²) < 4.78 is 35.3. The highest BCUT2D eigenvalue weighted by Gasteiger charge is 2.72. The Bertz CT molecular complexity index is 1240. The summed E-state index contributed by atoms with van der Waals surface area (Å²) in [5.74, 6) is -0.553. The molecule has 3 saturated carbocycles. The van der Waals surface area contributed by atoms with E-state index < -0.39 is 23.1 Å². The minimum Gasteiger partial charge on any atom is -0.493 e. The second kappa shape index (κ2) is 6.60. The molecule has 7 rings (SSSR count). The lowest BCUT2D eigenvalue weighted by Gasteiger charge is -2.69. The number of ether oxygens (including phenoxy) is 1. The summed E-state index contributed by atoms with van der Waals surface area (Å²) in [6.45, 7) is 0.565. The van der Waals surface area contributed by atoms with Crippen molar-refractivity contribution in [2.75, 3.05) is 6.61 Å². The van der Waals surface area contributed by atoms with Crippen LogP contribution < -0.4 is 4.74 Å². The van der Waals surface area contributed by atoms with Crippen LogP contribution in [0.15, 0.2) is 47.7 Å². The Morgan fingerprint density at radius 3 is 2.66 bits per heavy atom. The molecule has 3 aromatic rings. The summed E-state index contributed by atoms with van der Waals surface area (Å²) in [6.07, 6.45) is 6.17. The number of halogens is 2. The first-order valence-electron chi connectivity index (χ1n) is 10.7. The molecule has 2 bridgehead atoms. The minimum absolute atomic E-state index is 0.0173. The Balaban J connectivity index is 1.11. The second-order valence-electron chi connectivity index (χ2n) is 9.49. The molecule has 0 spiro atoms. The van der Waals surface area contributed by atoms with Gasteiger partial charge < -0.3 is 4.74 Å². The molecule has 2 heterocycles. The molecule has 3 fully saturated rings. The number of aryl methyl sites for hydroxylation is 1. The van der Waals surface area contributed by atoms with Crippen molar-refractivity contribution >= 4 is 23.0 Å². The lowest BCUT2D eigenvalue weighted by molar-refractivity contribution is -0.226. The van der Waals surface area contributed by atoms with Gasteiger partial charge in [-0.1, -0.05) is 0 Å². The summed E-state index contributed by atoms with van der Waals surface area (Å²) >= 11 is 0. The lowest BCUT2D eigenvalue weighted by atomic mass is 9.35. The predicted octanol–water partition coefficient (Wildman–Crippen LogP) is 4.36. The van der Waals surface area contributed by atoms with E-state index in [1.165, 1.54) is 17.1 Å². The first kappa shape index (κ1) is 19.4. The Kier molecular flexibility index (Phi) is 4.00. The highest BCUT2D eigenvalue weighted by atomic mass is 19.1. The van der Waals surface area contributed by atoms with Crippen LogP contribution in [-0.2, 0) is 11.8 Å². The first-order chi connectivity index (χ1) is 15.4. The molecule has 8 heteroatoms. The summed E-state index contributed by atoms with van der Waals surface area (Å²) in [5, 5.41) is 11.0. The number of benzene rings is 2. The van der Waals surface area contributed by atoms with Crippen LogP contribution in [0.4, 0.5) is 8.78 Å². The molecule has 4 aliphatic rings. The average Bonchev–Trinajstić information content (AvgIpc) is 3.32. The van der Waals surface area contributed by atoms with E-state index in [0.29, 0.717) is 18.6 Å². The number of nitrogens with zero attached hydrogens (tertiary/aromatic N) is 4. The normalized spacial score (nSPS) is 28.0. The van der Waals surface area contributed by atoms with Crippen molar-refractivity contribution in [2.45, 2.75) is 31.7 Å². The molecule has 0 saturated heterocycles. The molecule has 164 valence electrons. The van der Waals surface area contributed by atoms with Gasteiger partial charge in [-0.3, -0.25) is 9.48 Å². The molecule has 32 heavy (non-hydrogen) atoms. The van der Waals surface area contributed by atoms with Crippen LogP contribution in [-0.4, -0.2) is 33.5 Å². The smallest absolute Gasteiger partial charge is 0.249 e. The van der Waals surface area contributed by atoms with Crippen molar-refractivity contribution in [1.29, 1.82) is 0 Å². The molecule has 0 N–H and O–H groups in total. The number of carbonyl (C=O) groups is 1. The van der Waals surface area contributed by atoms with Gasteiger partial charge in [0.15, 0.2) is 0 Å². The zero-order valence-electron chi connectivity index (χ0n) is 17.6. The Morgan fingerprint density at radius 2 is 1.91 bits per heavy atom. The van der Waals surface area contributed by atoms with Crippen LogP contribution in [0.25, 0.3) is 10.9 Å². The zero-order chi connectivity index (χ0) is 22.1. The molecule has 1 aromatic heterocycles. The maximum atomic E-state index is 13.7. The van der Waals surface area contributed by atoms with Crippen LogP contribution in [0.3, 0.4) is 0 Å². The standard InChI is InChI=1S/C24H22F2N4O2/c1-29-20-3-2-19(8-16(20)10-28-29)32-14-23-11-24(12-23,13-23)22(31)30-21(4-5-27-30)15-6-17(25)9-18(26)7-15/h2-3,5-10,21H,4,11-14H2,1H3. The lowest BCUT2D eigenvalue weighted by Crippen LogP contribution is -2.69. The molecular weight excluding hydrogens is 414 g/mol. The maximum Gasteiger partial charge on any atom is 0.249 e. The Hall–Kier alpha value is -3.29. The molecule has 1 aliphatic heterocycles. The fourth-order valence-corrected chi connectivity index (χ4v) is 5.74. The van der Waals surface area contributed by atoms with Gasteiger partial charge in [-0.15, -0.1) is 0 Å². The van der Waals surface area contributed by atoms with Gasteiger partial charge in [-0.2, -0.15) is 10.2 Å². The van der Waals surface area contributed by atoms with E-state index in [1.54, 1.807) is 6.21 Å². The zero-order valence-corrected chi connectivity index (χ0v) is 17.6. The van der Waals surface area contributed by atoms with E-state index in [0.717, 1.165) is 42.0 Å². The molecule has 6 nitrogen and oxygen atoms in total. The van der Waals surface area contributed by atoms with Gasteiger partial charge in [0.2, 0.25) is 5.91 Å². The highest BCUT2D eigenvalue weighted by molar-refractivity contribution is 5.88. The summed E-state index contributed by atoms with van der Waals surface area (Å²) in [6, 6.07) is 8.85. The molecule has 0 radical (unpaired) electrons. The van der Waals surface area contributed by atoms with Crippen molar-refractivity contribution < 1.29 is 18.3 Å². The quantitative estimate of drug-likeness (QED) is 0.597. The van der Waals surface area contributed by atoms with Crippen LogP contribution in [0.5, 0.6) is 5.75 Å². The van der Waals surface area contributed by atoms with Gasteiger partial charge in [0, 0.05) is 36.6 Å². The van der Waals surface area contributed by atoms with E-state index in [9.17, 15) is 13.6 Å². The van der Waals surface area contributed by atoms with Crippen molar-refractivity contribution in [3.8, 4) is 5.75 Å². The largest absolute Gasteiger partial charge is 0.493 e. The van der Waals surface area contributed by atoms with Gasteiger partial charge in [0.05, 0.1) is 29.8 Å². The van der Waals surface area contributed by atoms with Crippen molar-refractivity contribution in [3.63, 3.8) is 0 Å². The van der Waals surface area contributed by atoms with Crippen LogP contribution >= 0.6 is 0 Å². The summed E-state index contributed by atoms with van der Waals surface area (Å²) in [5.41, 5.74) is 1.07. The van der Waals surface area contributed by atoms with Gasteiger partial charge in [-0.05, 0) is 55.2 Å². The topological polar surface area (TPSA) is 59.7 Å². The minimum atomic E-state index is -0.648. The number of hydrazone groups is 1. The third kappa shape index (κ3) is 2.85. The predicted molar refractivity (Wildman–Crippen MR) is 114 cm³/mol. The third-order valence-electron chi connectivity index (χ3n) is 7.16. The molecule has 2 aromatic carbocycles. The number of hydrogen-bond donors (Lipinski definition) is 0. The van der Waals surface area contributed by atoms with E-state index in [2.05, 4.69) is 10.2 Å². The Morgan fingerprint density at radius 1 is 1.16 bits per heavy atom. The fraction of sp³-hybridized carbons (Fsp3) is 0.375. The molecule has 3 aliphatic carbocycles. The van der Waals surface area contributed by atoms with Crippen LogP contribution in [0.1, 0.15) is 37.3 Å². The number of rotatable bonds is 5. The SMILES string of the molecule is Cn1ncc2cc(OCC34CC(C(=O)N5N=CCC5c5cc(F)cc(F)c5)(C3)C4)ccc21. The van der Waals surface area contributed by atoms with Crippen molar-refractivity contribution in [1.82, 2.24) is 14.8 Å². The van der Waals surface area contributed by atoms with Crippen LogP contribution in [0.2, 0.25) is 0 Å². The number of aromatic nitrogens is 2. The Labute approximate surface area is 183 Å². The van der Waals surface area contributed by atoms with E-state index >= 15 is 0 Å². The van der Waals surface area contributed by atoms with E-state index in [-0.39, 0.29) is 11.3 Å². The summed E-state index contributed by atoms with van der Waals surface area (Å²) in [4.78, 5) is 13.3. The average molecular weight is 436 g/mol. The van der Waals surface area contributed by atoms with Crippen molar-refractivity contribution in [3.05, 3.63) is 59.8 Å². The van der Waals surface area contributed by atoms with Gasteiger partial charge in [-0.25, -0.2) is 13.8 Å². The number of hydrogen-bond acceptors (Lipinski definition) is 4. The third-order valence-corrected chi connectivity index (χ3v) is 7.16. The fourth-order valence-electron chi connectivity index (χ4n) is 5.74. The van der Waals surface area contributed by atoms with Gasteiger partial charge in [0.1, 0.15) is 17.4 Å². The number of amides is 1. The monoisotopic (exact) mass is 436 g/mol. The number of carbonyl (C=O) groups excluding carboxylic acids is 1. The van der Waals surface area contributed by atoms with Crippen LogP contribution in [0, 0.1) is 22.5 Å². The van der Waals surface area contributed by atoms with Crippen molar-refractivity contribution in [2.24, 2.45) is 23.0 Å². The van der Waals surface area contributed by atoms with Gasteiger partial charge >= 0.3 is 0 Å². The maximum absolute atomic E-state index is 13.7.